The van der Waals surface area contributed by atoms with Gasteiger partial charge >= 0.3 is 6.18 Å². The molecule has 0 atom stereocenters. The van der Waals surface area contributed by atoms with Gasteiger partial charge in [0.2, 0.25) is 15.9 Å². The molecule has 0 fully saturated rings. The molecular formula is C20H19F4N5O3S. The van der Waals surface area contributed by atoms with Crippen LogP contribution in [0.4, 0.5) is 29.1 Å². The number of carbonyl (C=O) groups is 1. The third-order valence-corrected chi connectivity index (χ3v) is 4.63. The Morgan fingerprint density at radius 3 is 2.48 bits per heavy atom. The molecule has 1 heterocycles. The first kappa shape index (κ1) is 25.6. The van der Waals surface area contributed by atoms with Crippen LogP contribution in [-0.2, 0) is 27.5 Å². The number of nitrogens with zero attached hydrogens (tertiary/aromatic N) is 3. The van der Waals surface area contributed by atoms with E-state index in [0.717, 1.165) is 24.5 Å². The number of nitriles is 1. The Morgan fingerprint density at radius 2 is 1.94 bits per heavy atom. The first-order valence-corrected chi connectivity index (χ1v) is 11.0. The lowest BCUT2D eigenvalue weighted by Gasteiger charge is -2.16. The van der Waals surface area contributed by atoms with Crippen molar-refractivity contribution in [3.05, 3.63) is 58.5 Å². The highest BCUT2D eigenvalue weighted by atomic mass is 32.2. The number of pyridine rings is 1. The average Bonchev–Trinajstić information content (AvgIpc) is 2.70. The topological polar surface area (TPSA) is 115 Å². The molecule has 2 rings (SSSR count). The fourth-order valence-corrected chi connectivity index (χ4v) is 3.24. The van der Waals surface area contributed by atoms with Gasteiger partial charge in [-0.25, -0.2) is 17.8 Å². The Hall–Kier alpha value is -3.66. The zero-order valence-corrected chi connectivity index (χ0v) is 18.5. The van der Waals surface area contributed by atoms with E-state index in [1.807, 2.05) is 4.72 Å². The number of carbonyl (C=O) groups excluding carboxylic acids is 1. The van der Waals surface area contributed by atoms with Crippen LogP contribution in [0.25, 0.3) is 6.08 Å². The monoisotopic (exact) mass is 485 g/mol. The van der Waals surface area contributed by atoms with E-state index >= 15 is 0 Å². The van der Waals surface area contributed by atoms with Gasteiger partial charge in [-0.1, -0.05) is 0 Å². The van der Waals surface area contributed by atoms with Gasteiger partial charge in [0, 0.05) is 32.3 Å². The summed E-state index contributed by atoms with van der Waals surface area (Å²) in [6.45, 7) is -0.195. The normalized spacial score (nSPS) is 11.8. The van der Waals surface area contributed by atoms with E-state index in [4.69, 9.17) is 5.26 Å². The molecule has 0 bridgehead atoms. The number of hydrogen-bond acceptors (Lipinski definition) is 6. The van der Waals surface area contributed by atoms with Crippen molar-refractivity contribution < 1.29 is 30.8 Å². The highest BCUT2D eigenvalue weighted by Crippen LogP contribution is 2.30. The van der Waals surface area contributed by atoms with Crippen LogP contribution >= 0.6 is 0 Å². The van der Waals surface area contributed by atoms with Crippen molar-refractivity contribution in [2.75, 3.05) is 30.0 Å². The van der Waals surface area contributed by atoms with Crippen molar-refractivity contribution in [3.8, 4) is 6.07 Å². The number of alkyl halides is 3. The maximum Gasteiger partial charge on any atom is 0.433 e. The molecule has 0 aliphatic rings. The van der Waals surface area contributed by atoms with Crippen molar-refractivity contribution in [3.63, 3.8) is 0 Å². The Bertz CT molecular complexity index is 1240. The number of rotatable bonds is 7. The van der Waals surface area contributed by atoms with Crippen LogP contribution in [0.1, 0.15) is 22.4 Å². The predicted molar refractivity (Wildman–Crippen MR) is 114 cm³/mol. The largest absolute Gasteiger partial charge is 0.433 e. The Labute approximate surface area is 187 Å². The number of sulfonamides is 1. The molecule has 13 heteroatoms. The molecule has 2 N–H and O–H groups in total. The summed E-state index contributed by atoms with van der Waals surface area (Å²) >= 11 is 0. The second-order valence-electron chi connectivity index (χ2n) is 7.04. The number of aromatic nitrogens is 1. The smallest absolute Gasteiger partial charge is 0.362 e. The van der Waals surface area contributed by atoms with E-state index in [2.05, 4.69) is 10.3 Å². The van der Waals surface area contributed by atoms with E-state index in [0.29, 0.717) is 0 Å². The van der Waals surface area contributed by atoms with Crippen molar-refractivity contribution in [2.24, 2.45) is 0 Å². The third kappa shape index (κ3) is 7.18. The predicted octanol–water partition coefficient (Wildman–Crippen LogP) is 2.88. The fourth-order valence-electron chi connectivity index (χ4n) is 2.66. The van der Waals surface area contributed by atoms with Gasteiger partial charge < -0.3 is 10.2 Å². The highest BCUT2D eigenvalue weighted by Gasteiger charge is 2.33. The van der Waals surface area contributed by atoms with Crippen molar-refractivity contribution in [2.45, 2.75) is 12.7 Å². The molecule has 2 aromatic rings. The Morgan fingerprint density at radius 1 is 1.27 bits per heavy atom. The molecule has 0 saturated carbocycles. The van der Waals surface area contributed by atoms with Gasteiger partial charge in [-0.3, -0.25) is 9.52 Å². The molecule has 8 nitrogen and oxygen atoms in total. The zero-order chi connectivity index (χ0) is 25.0. The minimum Gasteiger partial charge on any atom is -0.362 e. The molecule has 0 aliphatic carbocycles. The summed E-state index contributed by atoms with van der Waals surface area (Å²) in [5.41, 5.74) is -1.39. The van der Waals surface area contributed by atoms with Crippen LogP contribution in [0.3, 0.4) is 0 Å². The summed E-state index contributed by atoms with van der Waals surface area (Å²) < 4.78 is 77.5. The number of anilines is 2. The SMILES string of the molecule is CN(C)c1nc(C(F)(F)F)ccc1/C=C/C(=O)NCc1cc(F)c(NS(C)(=O)=O)c(C#N)c1. The van der Waals surface area contributed by atoms with Gasteiger partial charge in [0.15, 0.2) is 0 Å². The van der Waals surface area contributed by atoms with Gasteiger partial charge in [-0.2, -0.15) is 18.4 Å². The zero-order valence-electron chi connectivity index (χ0n) is 17.7. The Balaban J connectivity index is 2.16. The van der Waals surface area contributed by atoms with Crippen LogP contribution in [0.15, 0.2) is 30.3 Å². The quantitative estimate of drug-likeness (QED) is 0.460. The van der Waals surface area contributed by atoms with E-state index in [1.54, 1.807) is 6.07 Å². The van der Waals surface area contributed by atoms with Gasteiger partial charge in [0.1, 0.15) is 29.1 Å². The average molecular weight is 485 g/mol. The lowest BCUT2D eigenvalue weighted by molar-refractivity contribution is -0.141. The van der Waals surface area contributed by atoms with E-state index < -0.39 is 39.3 Å². The van der Waals surface area contributed by atoms with Crippen LogP contribution in [0, 0.1) is 17.1 Å². The van der Waals surface area contributed by atoms with Gasteiger partial charge in [0.25, 0.3) is 0 Å². The summed E-state index contributed by atoms with van der Waals surface area (Å²) in [7, 11) is -0.809. The third-order valence-electron chi connectivity index (χ3n) is 4.06. The summed E-state index contributed by atoms with van der Waals surface area (Å²) in [4.78, 5) is 17.1. The summed E-state index contributed by atoms with van der Waals surface area (Å²) in [5.74, 6) is -1.63. The number of benzene rings is 1. The summed E-state index contributed by atoms with van der Waals surface area (Å²) in [5, 5.41) is 11.6. The van der Waals surface area contributed by atoms with Crippen molar-refractivity contribution >= 4 is 33.5 Å². The summed E-state index contributed by atoms with van der Waals surface area (Å²) in [6, 6.07) is 5.83. The Kier molecular flexibility index (Phi) is 7.65. The number of nitrogens with one attached hydrogen (secondary N) is 2. The molecule has 0 unspecified atom stereocenters. The number of amides is 1. The van der Waals surface area contributed by atoms with Crippen LogP contribution in [-0.4, -0.2) is 39.7 Å². The number of hydrogen-bond donors (Lipinski definition) is 2. The van der Waals surface area contributed by atoms with E-state index in [9.17, 15) is 30.8 Å². The van der Waals surface area contributed by atoms with E-state index in [1.165, 1.54) is 37.2 Å². The first-order chi connectivity index (χ1) is 15.2. The molecule has 1 amide bonds. The molecule has 1 aromatic heterocycles. The summed E-state index contributed by atoms with van der Waals surface area (Å²) in [6.07, 6.45) is -1.47. The standard InChI is InChI=1S/C20H19F4N5O3S/c1-29(2)19-13(4-6-16(27-19)20(22,23)24)5-7-17(30)26-11-12-8-14(10-25)18(15(21)9-12)28-33(3,31)32/h4-9,28H,11H2,1-3H3,(H,26,30)/b7-5+. The highest BCUT2D eigenvalue weighted by molar-refractivity contribution is 7.92. The second kappa shape index (κ2) is 9.86. The molecule has 0 radical (unpaired) electrons. The fraction of sp³-hybridized carbons (Fsp3) is 0.250. The molecule has 0 saturated heterocycles. The first-order valence-electron chi connectivity index (χ1n) is 9.13. The van der Waals surface area contributed by atoms with Crippen molar-refractivity contribution in [1.29, 1.82) is 5.26 Å². The molecule has 176 valence electrons. The maximum atomic E-state index is 14.3. The lowest BCUT2D eigenvalue weighted by atomic mass is 10.1. The molecule has 1 aromatic carbocycles. The van der Waals surface area contributed by atoms with Crippen molar-refractivity contribution in [1.82, 2.24) is 10.3 Å². The molecule has 33 heavy (non-hydrogen) atoms. The molecule has 0 aliphatic heterocycles. The van der Waals surface area contributed by atoms with Gasteiger partial charge in [-0.05, 0) is 35.9 Å². The molecular weight excluding hydrogens is 466 g/mol. The minimum absolute atomic E-state index is 0.00331. The number of halogens is 4. The minimum atomic E-state index is -4.62. The van der Waals surface area contributed by atoms with Gasteiger partial charge in [0.05, 0.1) is 11.8 Å². The van der Waals surface area contributed by atoms with Crippen LogP contribution in [0.2, 0.25) is 0 Å². The molecule has 0 spiro atoms. The second-order valence-corrected chi connectivity index (χ2v) is 8.79. The van der Waals surface area contributed by atoms with Crippen LogP contribution in [0.5, 0.6) is 0 Å². The lowest BCUT2D eigenvalue weighted by Crippen LogP contribution is -2.21. The maximum absolute atomic E-state index is 14.3. The van der Waals surface area contributed by atoms with Gasteiger partial charge in [-0.15, -0.1) is 0 Å². The van der Waals surface area contributed by atoms with Crippen LogP contribution < -0.4 is 14.9 Å². The van der Waals surface area contributed by atoms with E-state index in [-0.39, 0.29) is 29.1 Å².